The zero-order valence-corrected chi connectivity index (χ0v) is 10.2. The summed E-state index contributed by atoms with van der Waals surface area (Å²) in [7, 11) is 0. The molecule has 0 aliphatic heterocycles. The fourth-order valence-electron chi connectivity index (χ4n) is 1.44. The Balaban J connectivity index is 2.07. The second kappa shape index (κ2) is 5.19. The molecule has 0 atom stereocenters. The molecule has 0 saturated carbocycles. The van der Waals surface area contributed by atoms with Crippen molar-refractivity contribution in [3.63, 3.8) is 0 Å². The first-order chi connectivity index (χ1) is 8.16. The Hall–Kier alpha value is -1.54. The summed E-state index contributed by atoms with van der Waals surface area (Å²) in [5.41, 5.74) is 2.22. The maximum absolute atomic E-state index is 13.1. The number of rotatable bonds is 3. The molecule has 0 fully saturated rings. The molecule has 0 heterocycles. The van der Waals surface area contributed by atoms with Crippen molar-refractivity contribution in [1.29, 1.82) is 0 Å². The molecule has 3 heteroatoms. The minimum atomic E-state index is -0.465. The van der Waals surface area contributed by atoms with E-state index in [9.17, 15) is 4.39 Å². The van der Waals surface area contributed by atoms with Crippen molar-refractivity contribution in [2.75, 3.05) is 0 Å². The molecular formula is C14H12ClFO. The second-order valence-corrected chi connectivity index (χ2v) is 4.20. The van der Waals surface area contributed by atoms with Crippen LogP contribution in [0, 0.1) is 12.7 Å². The van der Waals surface area contributed by atoms with E-state index in [1.165, 1.54) is 11.6 Å². The quantitative estimate of drug-likeness (QED) is 0.786. The first-order valence-electron chi connectivity index (χ1n) is 5.29. The zero-order chi connectivity index (χ0) is 12.3. The number of aryl methyl sites for hydroxylation is 1. The summed E-state index contributed by atoms with van der Waals surface area (Å²) in [6, 6.07) is 12.5. The lowest BCUT2D eigenvalue weighted by Gasteiger charge is -2.08. The van der Waals surface area contributed by atoms with Gasteiger partial charge in [0, 0.05) is 0 Å². The van der Waals surface area contributed by atoms with Crippen molar-refractivity contribution in [3.05, 3.63) is 64.4 Å². The van der Waals surface area contributed by atoms with Gasteiger partial charge in [0.05, 0.1) is 0 Å². The average Bonchev–Trinajstić information content (AvgIpc) is 2.33. The molecule has 0 radical (unpaired) electrons. The lowest BCUT2D eigenvalue weighted by molar-refractivity contribution is 0.305. The molecule has 0 aromatic heterocycles. The van der Waals surface area contributed by atoms with E-state index in [-0.39, 0.29) is 5.02 Å². The van der Waals surface area contributed by atoms with Crippen LogP contribution in [0.25, 0.3) is 0 Å². The molecule has 0 aliphatic rings. The van der Waals surface area contributed by atoms with E-state index < -0.39 is 5.82 Å². The van der Waals surface area contributed by atoms with E-state index in [1.807, 2.05) is 31.2 Å². The Kier molecular flexibility index (Phi) is 3.64. The molecule has 2 aromatic rings. The molecule has 2 aromatic carbocycles. The second-order valence-electron chi connectivity index (χ2n) is 3.83. The van der Waals surface area contributed by atoms with Crippen LogP contribution in [0.15, 0.2) is 42.5 Å². The van der Waals surface area contributed by atoms with Gasteiger partial charge in [-0.05, 0) is 24.6 Å². The molecule has 0 saturated heterocycles. The lowest BCUT2D eigenvalue weighted by atomic mass is 10.2. The van der Waals surface area contributed by atoms with Gasteiger partial charge in [0.25, 0.3) is 0 Å². The van der Waals surface area contributed by atoms with Crippen LogP contribution in [-0.2, 0) is 6.61 Å². The van der Waals surface area contributed by atoms with E-state index in [0.29, 0.717) is 12.4 Å². The highest BCUT2D eigenvalue weighted by atomic mass is 35.5. The van der Waals surface area contributed by atoms with Crippen LogP contribution >= 0.6 is 11.6 Å². The van der Waals surface area contributed by atoms with Crippen molar-refractivity contribution in [3.8, 4) is 5.75 Å². The number of hydrogen-bond acceptors (Lipinski definition) is 1. The lowest BCUT2D eigenvalue weighted by Crippen LogP contribution is -1.96. The van der Waals surface area contributed by atoms with Crippen molar-refractivity contribution >= 4 is 11.6 Å². The highest BCUT2D eigenvalue weighted by Gasteiger charge is 2.06. The molecule has 0 bridgehead atoms. The Labute approximate surface area is 105 Å². The van der Waals surface area contributed by atoms with Crippen LogP contribution < -0.4 is 4.74 Å². The van der Waals surface area contributed by atoms with Gasteiger partial charge < -0.3 is 4.74 Å². The third-order valence-corrected chi connectivity index (χ3v) is 2.80. The normalized spacial score (nSPS) is 10.3. The predicted molar refractivity (Wildman–Crippen MR) is 66.9 cm³/mol. The molecule has 0 amide bonds. The van der Waals surface area contributed by atoms with Crippen molar-refractivity contribution in [2.24, 2.45) is 0 Å². The molecular weight excluding hydrogens is 239 g/mol. The summed E-state index contributed by atoms with van der Waals surface area (Å²) in [5.74, 6) is -0.0969. The van der Waals surface area contributed by atoms with Gasteiger partial charge in [-0.3, -0.25) is 0 Å². The van der Waals surface area contributed by atoms with Crippen LogP contribution in [0.4, 0.5) is 4.39 Å². The van der Waals surface area contributed by atoms with Crippen LogP contribution in [0.2, 0.25) is 5.02 Å². The fraction of sp³-hybridized carbons (Fsp3) is 0.143. The minimum absolute atomic E-state index is 0.0274. The SMILES string of the molecule is Cc1ccc(COc2cccc(F)c2Cl)cc1. The molecule has 88 valence electrons. The Bertz CT molecular complexity index is 508. The standard InChI is InChI=1S/C14H12ClFO/c1-10-5-7-11(8-6-10)9-17-13-4-2-3-12(16)14(13)15/h2-8H,9H2,1H3. The summed E-state index contributed by atoms with van der Waals surface area (Å²) in [6.45, 7) is 2.40. The van der Waals surface area contributed by atoms with Crippen LogP contribution in [-0.4, -0.2) is 0 Å². The smallest absolute Gasteiger partial charge is 0.145 e. The van der Waals surface area contributed by atoms with Crippen LogP contribution in [0.1, 0.15) is 11.1 Å². The van der Waals surface area contributed by atoms with E-state index in [4.69, 9.17) is 16.3 Å². The van der Waals surface area contributed by atoms with Crippen LogP contribution in [0.5, 0.6) is 5.75 Å². The zero-order valence-electron chi connectivity index (χ0n) is 9.41. The number of ether oxygens (including phenoxy) is 1. The van der Waals surface area contributed by atoms with Gasteiger partial charge in [-0.2, -0.15) is 0 Å². The van der Waals surface area contributed by atoms with Crippen molar-refractivity contribution < 1.29 is 9.13 Å². The molecule has 2 rings (SSSR count). The molecule has 0 aliphatic carbocycles. The molecule has 0 unspecified atom stereocenters. The van der Waals surface area contributed by atoms with E-state index in [0.717, 1.165) is 5.56 Å². The summed E-state index contributed by atoms with van der Waals surface area (Å²) < 4.78 is 18.6. The maximum atomic E-state index is 13.1. The Morgan fingerprint density at radius 1 is 1.12 bits per heavy atom. The van der Waals surface area contributed by atoms with Gasteiger partial charge in [0.15, 0.2) is 0 Å². The number of hydrogen-bond donors (Lipinski definition) is 0. The molecule has 1 nitrogen and oxygen atoms in total. The number of halogens is 2. The maximum Gasteiger partial charge on any atom is 0.145 e. The highest BCUT2D eigenvalue weighted by Crippen LogP contribution is 2.27. The highest BCUT2D eigenvalue weighted by molar-refractivity contribution is 6.32. The van der Waals surface area contributed by atoms with Gasteiger partial charge in [-0.15, -0.1) is 0 Å². The van der Waals surface area contributed by atoms with Gasteiger partial charge in [0.1, 0.15) is 23.2 Å². The van der Waals surface area contributed by atoms with Gasteiger partial charge in [-0.25, -0.2) is 4.39 Å². The topological polar surface area (TPSA) is 9.23 Å². The Morgan fingerprint density at radius 2 is 1.82 bits per heavy atom. The predicted octanol–water partition coefficient (Wildman–Crippen LogP) is 4.37. The molecule has 17 heavy (non-hydrogen) atoms. The first kappa shape index (κ1) is 11.9. The summed E-state index contributed by atoms with van der Waals surface area (Å²) in [6.07, 6.45) is 0. The largest absolute Gasteiger partial charge is 0.487 e. The van der Waals surface area contributed by atoms with E-state index >= 15 is 0 Å². The summed E-state index contributed by atoms with van der Waals surface area (Å²) in [5, 5.41) is 0.0274. The Morgan fingerprint density at radius 3 is 2.53 bits per heavy atom. The summed E-state index contributed by atoms with van der Waals surface area (Å²) >= 11 is 5.78. The summed E-state index contributed by atoms with van der Waals surface area (Å²) in [4.78, 5) is 0. The third kappa shape index (κ3) is 2.98. The van der Waals surface area contributed by atoms with E-state index in [1.54, 1.807) is 12.1 Å². The minimum Gasteiger partial charge on any atom is -0.487 e. The molecule has 0 N–H and O–H groups in total. The van der Waals surface area contributed by atoms with Gasteiger partial charge in [0.2, 0.25) is 0 Å². The average molecular weight is 251 g/mol. The fourth-order valence-corrected chi connectivity index (χ4v) is 1.62. The van der Waals surface area contributed by atoms with Gasteiger partial charge >= 0.3 is 0 Å². The first-order valence-corrected chi connectivity index (χ1v) is 5.67. The van der Waals surface area contributed by atoms with Crippen molar-refractivity contribution in [2.45, 2.75) is 13.5 Å². The molecule has 0 spiro atoms. The monoisotopic (exact) mass is 250 g/mol. The van der Waals surface area contributed by atoms with E-state index in [2.05, 4.69) is 0 Å². The van der Waals surface area contributed by atoms with Gasteiger partial charge in [-0.1, -0.05) is 47.5 Å². The third-order valence-electron chi connectivity index (χ3n) is 2.43. The number of benzene rings is 2. The van der Waals surface area contributed by atoms with Crippen molar-refractivity contribution in [1.82, 2.24) is 0 Å². The van der Waals surface area contributed by atoms with Crippen LogP contribution in [0.3, 0.4) is 0 Å².